The van der Waals surface area contributed by atoms with Crippen molar-refractivity contribution in [2.75, 3.05) is 19.7 Å². The number of rotatable bonds is 3. The van der Waals surface area contributed by atoms with Crippen molar-refractivity contribution >= 4 is 5.97 Å². The Kier molecular flexibility index (Phi) is 4.37. The molecule has 1 saturated heterocycles. The van der Waals surface area contributed by atoms with Crippen molar-refractivity contribution in [1.82, 2.24) is 5.32 Å². The predicted octanol–water partition coefficient (Wildman–Crippen LogP) is 2.58. The molecule has 2 rings (SSSR count). The summed E-state index contributed by atoms with van der Waals surface area (Å²) < 4.78 is 5.05. The van der Waals surface area contributed by atoms with Crippen LogP contribution >= 0.6 is 0 Å². The van der Waals surface area contributed by atoms with Gasteiger partial charge in [0.05, 0.1) is 12.2 Å². The first kappa shape index (κ1) is 13.1. The van der Waals surface area contributed by atoms with Gasteiger partial charge in [-0.05, 0) is 56.0 Å². The van der Waals surface area contributed by atoms with E-state index in [0.29, 0.717) is 24.0 Å². The van der Waals surface area contributed by atoms with Crippen molar-refractivity contribution in [3.05, 3.63) is 35.4 Å². The van der Waals surface area contributed by atoms with Crippen LogP contribution in [0.5, 0.6) is 0 Å². The number of carbonyl (C=O) groups excluding carboxylic acids is 1. The van der Waals surface area contributed by atoms with Gasteiger partial charge in [-0.2, -0.15) is 0 Å². The number of ether oxygens (including phenoxy) is 1. The number of piperidine rings is 1. The van der Waals surface area contributed by atoms with E-state index in [2.05, 4.69) is 18.3 Å². The lowest BCUT2D eigenvalue weighted by Gasteiger charge is -2.30. The average molecular weight is 247 g/mol. The van der Waals surface area contributed by atoms with Crippen LogP contribution in [0.4, 0.5) is 0 Å². The normalized spacial score (nSPS) is 23.7. The zero-order chi connectivity index (χ0) is 13.0. The van der Waals surface area contributed by atoms with Crippen LogP contribution in [-0.4, -0.2) is 25.7 Å². The van der Waals surface area contributed by atoms with E-state index in [-0.39, 0.29) is 5.97 Å². The monoisotopic (exact) mass is 247 g/mol. The second-order valence-corrected chi connectivity index (χ2v) is 4.92. The third kappa shape index (κ3) is 2.91. The van der Waals surface area contributed by atoms with Crippen LogP contribution in [0.2, 0.25) is 0 Å². The average Bonchev–Trinajstić information content (AvgIpc) is 2.40. The number of carbonyl (C=O) groups is 1. The Balaban J connectivity index is 2.18. The predicted molar refractivity (Wildman–Crippen MR) is 71.8 cm³/mol. The molecule has 1 aliphatic heterocycles. The van der Waals surface area contributed by atoms with Crippen LogP contribution in [-0.2, 0) is 4.74 Å². The first-order valence-electron chi connectivity index (χ1n) is 6.70. The summed E-state index contributed by atoms with van der Waals surface area (Å²) in [5, 5.41) is 3.40. The van der Waals surface area contributed by atoms with Gasteiger partial charge in [0.15, 0.2) is 0 Å². The first-order valence-corrected chi connectivity index (χ1v) is 6.70. The minimum Gasteiger partial charge on any atom is -0.462 e. The Morgan fingerprint density at radius 2 is 2.33 bits per heavy atom. The number of hydrogen-bond acceptors (Lipinski definition) is 3. The number of esters is 1. The highest BCUT2D eigenvalue weighted by molar-refractivity contribution is 5.89. The minimum absolute atomic E-state index is 0.221. The molecule has 1 aromatic rings. The van der Waals surface area contributed by atoms with E-state index in [4.69, 9.17) is 4.74 Å². The Morgan fingerprint density at radius 1 is 1.50 bits per heavy atom. The Bertz CT molecular complexity index is 417. The summed E-state index contributed by atoms with van der Waals surface area (Å²) in [4.78, 5) is 11.7. The van der Waals surface area contributed by atoms with E-state index >= 15 is 0 Å². The van der Waals surface area contributed by atoms with Crippen molar-refractivity contribution in [2.24, 2.45) is 5.92 Å². The molecular formula is C15H21NO2. The van der Waals surface area contributed by atoms with E-state index < -0.39 is 0 Å². The van der Waals surface area contributed by atoms with Gasteiger partial charge in [-0.1, -0.05) is 19.1 Å². The van der Waals surface area contributed by atoms with Crippen LogP contribution in [0, 0.1) is 5.92 Å². The summed E-state index contributed by atoms with van der Waals surface area (Å²) >= 11 is 0. The molecule has 3 heteroatoms. The Hall–Kier alpha value is -1.35. The maximum atomic E-state index is 11.7. The van der Waals surface area contributed by atoms with Crippen LogP contribution in [0.3, 0.4) is 0 Å². The molecule has 1 aromatic carbocycles. The number of hydrogen-bond donors (Lipinski definition) is 1. The first-order chi connectivity index (χ1) is 8.72. The van der Waals surface area contributed by atoms with E-state index in [9.17, 15) is 4.79 Å². The summed E-state index contributed by atoms with van der Waals surface area (Å²) in [6.45, 7) is 6.62. The fraction of sp³-hybridized carbons (Fsp3) is 0.533. The molecule has 0 aromatic heterocycles. The molecule has 2 atom stereocenters. The summed E-state index contributed by atoms with van der Waals surface area (Å²) in [6, 6.07) is 7.89. The molecule has 0 spiro atoms. The fourth-order valence-electron chi connectivity index (χ4n) is 2.62. The van der Waals surface area contributed by atoms with Crippen molar-refractivity contribution in [3.63, 3.8) is 0 Å². The van der Waals surface area contributed by atoms with E-state index in [0.717, 1.165) is 19.5 Å². The second kappa shape index (κ2) is 6.01. The summed E-state index contributed by atoms with van der Waals surface area (Å²) in [7, 11) is 0. The smallest absolute Gasteiger partial charge is 0.338 e. The second-order valence-electron chi connectivity index (χ2n) is 4.92. The van der Waals surface area contributed by atoms with Crippen molar-refractivity contribution < 1.29 is 9.53 Å². The lowest BCUT2D eigenvalue weighted by molar-refractivity contribution is 0.0526. The molecule has 1 fully saturated rings. The molecule has 0 unspecified atom stereocenters. The molecule has 0 aliphatic carbocycles. The molecule has 1 aliphatic rings. The quantitative estimate of drug-likeness (QED) is 0.834. The highest BCUT2D eigenvalue weighted by atomic mass is 16.5. The zero-order valence-corrected chi connectivity index (χ0v) is 11.1. The van der Waals surface area contributed by atoms with Crippen molar-refractivity contribution in [1.29, 1.82) is 0 Å². The van der Waals surface area contributed by atoms with Crippen LogP contribution < -0.4 is 5.32 Å². The third-order valence-corrected chi connectivity index (χ3v) is 3.61. The highest BCUT2D eigenvalue weighted by Crippen LogP contribution is 2.30. The van der Waals surface area contributed by atoms with E-state index in [1.807, 2.05) is 25.1 Å². The molecule has 0 bridgehead atoms. The zero-order valence-electron chi connectivity index (χ0n) is 11.1. The SMILES string of the molecule is CCOC(=O)c1cccc([C@@H]2CCNC[C@H]2C)c1. The van der Waals surface area contributed by atoms with Gasteiger partial charge in [0.25, 0.3) is 0 Å². The van der Waals surface area contributed by atoms with Gasteiger partial charge >= 0.3 is 5.97 Å². The van der Waals surface area contributed by atoms with Crippen LogP contribution in [0.1, 0.15) is 42.1 Å². The minimum atomic E-state index is -0.221. The third-order valence-electron chi connectivity index (χ3n) is 3.61. The van der Waals surface area contributed by atoms with Crippen molar-refractivity contribution in [3.8, 4) is 0 Å². The van der Waals surface area contributed by atoms with E-state index in [1.54, 1.807) is 0 Å². The molecule has 1 heterocycles. The number of benzene rings is 1. The van der Waals surface area contributed by atoms with E-state index in [1.165, 1.54) is 5.56 Å². The molecule has 0 amide bonds. The molecular weight excluding hydrogens is 226 g/mol. The van der Waals surface area contributed by atoms with Gasteiger partial charge < -0.3 is 10.1 Å². The molecule has 3 nitrogen and oxygen atoms in total. The standard InChI is InChI=1S/C15H21NO2/c1-3-18-15(17)13-6-4-5-12(9-13)14-7-8-16-10-11(14)2/h4-6,9,11,14,16H,3,7-8,10H2,1-2H3/t11-,14-/m1/s1. The number of nitrogens with one attached hydrogen (secondary N) is 1. The lowest BCUT2D eigenvalue weighted by atomic mass is 9.82. The Labute approximate surface area is 109 Å². The summed E-state index contributed by atoms with van der Waals surface area (Å²) in [6.07, 6.45) is 1.13. The lowest BCUT2D eigenvalue weighted by Crippen LogP contribution is -2.33. The van der Waals surface area contributed by atoms with Gasteiger partial charge in [-0.25, -0.2) is 4.79 Å². The largest absolute Gasteiger partial charge is 0.462 e. The maximum Gasteiger partial charge on any atom is 0.338 e. The maximum absolute atomic E-state index is 11.7. The van der Waals surface area contributed by atoms with Crippen LogP contribution in [0.25, 0.3) is 0 Å². The molecule has 18 heavy (non-hydrogen) atoms. The van der Waals surface area contributed by atoms with Gasteiger partial charge in [0, 0.05) is 0 Å². The van der Waals surface area contributed by atoms with Gasteiger partial charge in [0.1, 0.15) is 0 Å². The fourth-order valence-corrected chi connectivity index (χ4v) is 2.62. The molecule has 1 N–H and O–H groups in total. The summed E-state index contributed by atoms with van der Waals surface area (Å²) in [5.41, 5.74) is 1.93. The summed E-state index contributed by atoms with van der Waals surface area (Å²) in [5.74, 6) is 0.928. The van der Waals surface area contributed by atoms with Gasteiger partial charge in [-0.15, -0.1) is 0 Å². The molecule has 98 valence electrons. The topological polar surface area (TPSA) is 38.3 Å². The van der Waals surface area contributed by atoms with Crippen molar-refractivity contribution in [2.45, 2.75) is 26.2 Å². The highest BCUT2D eigenvalue weighted by Gasteiger charge is 2.23. The molecule has 0 radical (unpaired) electrons. The van der Waals surface area contributed by atoms with Gasteiger partial charge in [-0.3, -0.25) is 0 Å². The van der Waals surface area contributed by atoms with Gasteiger partial charge in [0.2, 0.25) is 0 Å². The van der Waals surface area contributed by atoms with Crippen LogP contribution in [0.15, 0.2) is 24.3 Å². The molecule has 0 saturated carbocycles. The Morgan fingerprint density at radius 3 is 3.06 bits per heavy atom.